The monoisotopic (exact) mass is 315 g/mol. The lowest BCUT2D eigenvalue weighted by molar-refractivity contribution is 0.174. The van der Waals surface area contributed by atoms with Gasteiger partial charge in [0.25, 0.3) is 0 Å². The number of hydrogen-bond acceptors (Lipinski definition) is 3. The van der Waals surface area contributed by atoms with Crippen LogP contribution < -0.4 is 5.32 Å². The lowest BCUT2D eigenvalue weighted by atomic mass is 10.1. The number of aliphatic hydroxyl groups excluding tert-OH is 2. The summed E-state index contributed by atoms with van der Waals surface area (Å²) in [7, 11) is 0. The maximum atomic E-state index is 9.97. The van der Waals surface area contributed by atoms with Gasteiger partial charge in [-0.3, -0.25) is 0 Å². The van der Waals surface area contributed by atoms with Crippen LogP contribution in [0, 0.1) is 0 Å². The van der Waals surface area contributed by atoms with Crippen molar-refractivity contribution >= 4 is 15.9 Å². The predicted octanol–water partition coefficient (Wildman–Crippen LogP) is 2.62. The summed E-state index contributed by atoms with van der Waals surface area (Å²) in [6.45, 7) is 1.78. The number of unbranched alkanes of at least 4 members (excludes halogenated alkanes) is 3. The van der Waals surface area contributed by atoms with Crippen molar-refractivity contribution in [2.75, 3.05) is 19.7 Å². The Hall–Kier alpha value is -0.420. The van der Waals surface area contributed by atoms with Gasteiger partial charge in [0.05, 0.1) is 6.10 Å². The van der Waals surface area contributed by atoms with Crippen LogP contribution in [0.15, 0.2) is 28.7 Å². The summed E-state index contributed by atoms with van der Waals surface area (Å²) in [4.78, 5) is 0. The van der Waals surface area contributed by atoms with Crippen molar-refractivity contribution in [2.45, 2.75) is 31.8 Å². The third-order valence-corrected chi connectivity index (χ3v) is 3.33. The van der Waals surface area contributed by atoms with Crippen molar-refractivity contribution in [2.24, 2.45) is 0 Å². The van der Waals surface area contributed by atoms with Crippen molar-refractivity contribution in [1.82, 2.24) is 5.32 Å². The van der Waals surface area contributed by atoms with E-state index in [4.69, 9.17) is 5.11 Å². The summed E-state index contributed by atoms with van der Waals surface area (Å²) < 4.78 is 0.989. The lowest BCUT2D eigenvalue weighted by Gasteiger charge is -2.12. The Morgan fingerprint density at radius 2 is 1.94 bits per heavy atom. The molecule has 0 heterocycles. The Morgan fingerprint density at radius 3 is 2.67 bits per heavy atom. The second kappa shape index (κ2) is 9.50. The number of aliphatic hydroxyl groups is 2. The second-order valence-corrected chi connectivity index (χ2v) is 5.33. The largest absolute Gasteiger partial charge is 0.396 e. The first-order chi connectivity index (χ1) is 8.74. The number of hydrogen-bond donors (Lipinski definition) is 3. The van der Waals surface area contributed by atoms with E-state index in [0.717, 1.165) is 42.3 Å². The minimum Gasteiger partial charge on any atom is -0.396 e. The van der Waals surface area contributed by atoms with E-state index in [1.807, 2.05) is 24.3 Å². The van der Waals surface area contributed by atoms with Crippen molar-refractivity contribution < 1.29 is 10.2 Å². The molecule has 0 aliphatic carbocycles. The van der Waals surface area contributed by atoms with Gasteiger partial charge in [-0.25, -0.2) is 0 Å². The highest BCUT2D eigenvalue weighted by Crippen LogP contribution is 2.17. The van der Waals surface area contributed by atoms with E-state index < -0.39 is 6.10 Å². The summed E-state index contributed by atoms with van der Waals surface area (Å²) in [5.74, 6) is 0. The van der Waals surface area contributed by atoms with Gasteiger partial charge in [0, 0.05) is 17.6 Å². The van der Waals surface area contributed by atoms with Crippen LogP contribution >= 0.6 is 15.9 Å². The molecule has 102 valence electrons. The van der Waals surface area contributed by atoms with Crippen LogP contribution in [-0.4, -0.2) is 29.9 Å². The fraction of sp³-hybridized carbons (Fsp3) is 0.571. The highest BCUT2D eigenvalue weighted by atomic mass is 79.9. The quantitative estimate of drug-likeness (QED) is 0.614. The van der Waals surface area contributed by atoms with Crippen LogP contribution in [0.3, 0.4) is 0 Å². The van der Waals surface area contributed by atoms with Crippen LogP contribution in [0.2, 0.25) is 0 Å². The van der Waals surface area contributed by atoms with Gasteiger partial charge in [-0.15, -0.1) is 0 Å². The summed E-state index contributed by atoms with van der Waals surface area (Å²) >= 11 is 3.40. The molecule has 0 bridgehead atoms. The molecule has 0 fully saturated rings. The summed E-state index contributed by atoms with van der Waals surface area (Å²) in [5.41, 5.74) is 0.928. The van der Waals surface area contributed by atoms with Crippen LogP contribution in [0.5, 0.6) is 0 Å². The SMILES string of the molecule is OCCCCCCNCC(O)c1cccc(Br)c1. The maximum absolute atomic E-state index is 9.97. The van der Waals surface area contributed by atoms with Crippen LogP contribution in [0.25, 0.3) is 0 Å². The zero-order chi connectivity index (χ0) is 13.2. The Bertz CT molecular complexity index is 333. The molecule has 1 aromatic carbocycles. The van der Waals surface area contributed by atoms with Gasteiger partial charge in [0.15, 0.2) is 0 Å². The maximum Gasteiger partial charge on any atom is 0.0914 e. The second-order valence-electron chi connectivity index (χ2n) is 4.41. The third kappa shape index (κ3) is 6.50. The zero-order valence-corrected chi connectivity index (χ0v) is 12.2. The van der Waals surface area contributed by atoms with E-state index in [1.165, 1.54) is 0 Å². The molecular weight excluding hydrogens is 294 g/mol. The summed E-state index contributed by atoms with van der Waals surface area (Å²) in [5, 5.41) is 21.9. The molecule has 1 unspecified atom stereocenters. The van der Waals surface area contributed by atoms with Gasteiger partial charge in [-0.05, 0) is 37.1 Å². The molecule has 0 saturated carbocycles. The molecule has 18 heavy (non-hydrogen) atoms. The van der Waals surface area contributed by atoms with Gasteiger partial charge < -0.3 is 15.5 Å². The Balaban J connectivity index is 2.12. The van der Waals surface area contributed by atoms with E-state index >= 15 is 0 Å². The molecule has 1 aromatic rings. The molecule has 0 radical (unpaired) electrons. The lowest BCUT2D eigenvalue weighted by Crippen LogP contribution is -2.22. The Morgan fingerprint density at radius 1 is 1.17 bits per heavy atom. The average molecular weight is 316 g/mol. The molecule has 0 saturated heterocycles. The van der Waals surface area contributed by atoms with Gasteiger partial charge in [0.1, 0.15) is 0 Å². The van der Waals surface area contributed by atoms with Gasteiger partial charge >= 0.3 is 0 Å². The fourth-order valence-electron chi connectivity index (χ4n) is 1.79. The summed E-state index contributed by atoms with van der Waals surface area (Å²) in [6.07, 6.45) is 3.72. The van der Waals surface area contributed by atoms with E-state index in [-0.39, 0.29) is 6.61 Å². The first kappa shape index (κ1) is 15.6. The van der Waals surface area contributed by atoms with Crippen molar-refractivity contribution in [1.29, 1.82) is 0 Å². The molecule has 0 spiro atoms. The highest BCUT2D eigenvalue weighted by molar-refractivity contribution is 9.10. The smallest absolute Gasteiger partial charge is 0.0914 e. The van der Waals surface area contributed by atoms with Crippen LogP contribution in [0.4, 0.5) is 0 Å². The predicted molar refractivity (Wildman–Crippen MR) is 77.5 cm³/mol. The topological polar surface area (TPSA) is 52.5 Å². The third-order valence-electron chi connectivity index (χ3n) is 2.83. The highest BCUT2D eigenvalue weighted by Gasteiger charge is 2.06. The molecule has 4 heteroatoms. The van der Waals surface area contributed by atoms with Crippen molar-refractivity contribution in [3.8, 4) is 0 Å². The van der Waals surface area contributed by atoms with Gasteiger partial charge in [0.2, 0.25) is 0 Å². The van der Waals surface area contributed by atoms with Gasteiger partial charge in [-0.1, -0.05) is 40.9 Å². The molecular formula is C14H22BrNO2. The Labute approximate surface area is 117 Å². The summed E-state index contributed by atoms with van der Waals surface area (Å²) in [6, 6.07) is 7.74. The number of rotatable bonds is 9. The molecule has 3 N–H and O–H groups in total. The van der Waals surface area contributed by atoms with E-state index in [9.17, 15) is 5.11 Å². The molecule has 0 aliphatic heterocycles. The van der Waals surface area contributed by atoms with E-state index in [2.05, 4.69) is 21.2 Å². The normalized spacial score (nSPS) is 12.6. The average Bonchev–Trinajstić information content (AvgIpc) is 2.37. The van der Waals surface area contributed by atoms with Crippen LogP contribution in [0.1, 0.15) is 37.4 Å². The molecule has 0 aliphatic rings. The number of halogens is 1. The van der Waals surface area contributed by atoms with E-state index in [1.54, 1.807) is 0 Å². The van der Waals surface area contributed by atoms with Crippen molar-refractivity contribution in [3.05, 3.63) is 34.3 Å². The minimum absolute atomic E-state index is 0.287. The fourth-order valence-corrected chi connectivity index (χ4v) is 2.20. The van der Waals surface area contributed by atoms with Crippen molar-refractivity contribution in [3.63, 3.8) is 0 Å². The minimum atomic E-state index is -0.458. The first-order valence-electron chi connectivity index (χ1n) is 6.49. The standard InChI is InChI=1S/C14H22BrNO2/c15-13-7-5-6-12(10-13)14(18)11-16-8-3-1-2-4-9-17/h5-7,10,14,16-18H,1-4,8-9,11H2. The number of benzene rings is 1. The molecule has 0 aromatic heterocycles. The van der Waals surface area contributed by atoms with Gasteiger partial charge in [-0.2, -0.15) is 0 Å². The first-order valence-corrected chi connectivity index (χ1v) is 7.28. The Kier molecular flexibility index (Phi) is 8.25. The molecule has 1 rings (SSSR count). The zero-order valence-electron chi connectivity index (χ0n) is 10.6. The number of nitrogens with one attached hydrogen (secondary N) is 1. The molecule has 0 amide bonds. The molecule has 1 atom stereocenters. The molecule has 3 nitrogen and oxygen atoms in total. The van der Waals surface area contributed by atoms with Crippen LogP contribution in [-0.2, 0) is 0 Å². The van der Waals surface area contributed by atoms with E-state index in [0.29, 0.717) is 6.54 Å².